The Labute approximate surface area is 234 Å². The summed E-state index contributed by atoms with van der Waals surface area (Å²) in [6, 6.07) is 16.4. The molecular formula is C31H37FN4O4. The van der Waals surface area contributed by atoms with Gasteiger partial charge in [0.05, 0.1) is 6.04 Å². The topological polar surface area (TPSA) is 130 Å². The third-order valence-corrected chi connectivity index (χ3v) is 6.94. The third-order valence-electron chi connectivity index (χ3n) is 6.94. The molecule has 0 aliphatic carbocycles. The molecule has 212 valence electrons. The number of primary amides is 1. The summed E-state index contributed by atoms with van der Waals surface area (Å²) < 4.78 is 13.3. The highest BCUT2D eigenvalue weighted by Gasteiger charge is 2.39. The van der Waals surface area contributed by atoms with Crippen LogP contribution in [0.4, 0.5) is 10.1 Å². The lowest BCUT2D eigenvalue weighted by Crippen LogP contribution is -2.59. The van der Waals surface area contributed by atoms with Crippen LogP contribution in [0.25, 0.3) is 0 Å². The molecule has 0 bridgehead atoms. The van der Waals surface area contributed by atoms with Gasteiger partial charge in [0.1, 0.15) is 23.7 Å². The maximum absolute atomic E-state index is 14.3. The van der Waals surface area contributed by atoms with Crippen LogP contribution in [0.3, 0.4) is 0 Å². The Balaban J connectivity index is 1.96. The van der Waals surface area contributed by atoms with Crippen molar-refractivity contribution in [3.8, 4) is 5.75 Å². The molecule has 3 aromatic carbocycles. The van der Waals surface area contributed by atoms with Gasteiger partial charge in [0, 0.05) is 19.2 Å². The summed E-state index contributed by atoms with van der Waals surface area (Å²) >= 11 is 0. The summed E-state index contributed by atoms with van der Waals surface area (Å²) in [6.45, 7) is 5.36. The lowest BCUT2D eigenvalue weighted by molar-refractivity contribution is -0.140. The average Bonchev–Trinajstić information content (AvgIpc) is 2.91. The highest BCUT2D eigenvalue weighted by molar-refractivity contribution is 6.04. The summed E-state index contributed by atoms with van der Waals surface area (Å²) in [7, 11) is 1.52. The average molecular weight is 549 g/mol. The molecule has 3 rings (SSSR count). The van der Waals surface area contributed by atoms with Gasteiger partial charge in [-0.05, 0) is 66.3 Å². The van der Waals surface area contributed by atoms with Crippen molar-refractivity contribution < 1.29 is 23.9 Å². The van der Waals surface area contributed by atoms with Gasteiger partial charge >= 0.3 is 0 Å². The maximum atomic E-state index is 14.3. The first-order valence-corrected chi connectivity index (χ1v) is 13.1. The standard InChI is InChI=1S/C31H37FN4O4/c1-19(2)28(35(4)30(39)25(33)17-21-10-13-23(32)14-11-21)31(40)36(24-8-6-5-7-9-24)26(29(34)38)18-22-12-15-27(37)20(3)16-22/h5-16,19,25-26,28,37H,17-18,33H2,1-4H3,(H2,34,38)/t25-,26?,28?/m0/s1. The number of phenolic OH excluding ortho intramolecular Hbond substituents is 1. The van der Waals surface area contributed by atoms with Crippen LogP contribution < -0.4 is 16.4 Å². The normalized spacial score (nSPS) is 13.4. The molecule has 0 radical (unpaired) electrons. The molecule has 40 heavy (non-hydrogen) atoms. The predicted octanol–water partition coefficient (Wildman–Crippen LogP) is 3.32. The van der Waals surface area contributed by atoms with Crippen molar-refractivity contribution in [2.75, 3.05) is 11.9 Å². The number of hydrogen-bond donors (Lipinski definition) is 3. The van der Waals surface area contributed by atoms with Gasteiger partial charge in [-0.15, -0.1) is 0 Å². The molecular weight excluding hydrogens is 511 g/mol. The fraction of sp³-hybridized carbons (Fsp3) is 0.323. The number of rotatable bonds is 11. The number of aromatic hydroxyl groups is 1. The SMILES string of the molecule is Cc1cc(CC(C(N)=O)N(C(=O)C(C(C)C)N(C)C(=O)[C@@H](N)Cc2ccc(F)cc2)c2ccccc2)ccc1O. The zero-order chi connectivity index (χ0) is 29.6. The Morgan fingerprint density at radius 3 is 2.05 bits per heavy atom. The Bertz CT molecular complexity index is 1330. The van der Waals surface area contributed by atoms with Gasteiger partial charge in [-0.1, -0.05) is 56.3 Å². The van der Waals surface area contributed by atoms with Crippen molar-refractivity contribution in [3.63, 3.8) is 0 Å². The Morgan fingerprint density at radius 1 is 0.900 bits per heavy atom. The zero-order valence-corrected chi connectivity index (χ0v) is 23.3. The molecule has 0 aromatic heterocycles. The lowest BCUT2D eigenvalue weighted by atomic mass is 9.96. The number of phenols is 1. The van der Waals surface area contributed by atoms with Crippen molar-refractivity contribution in [1.82, 2.24) is 4.90 Å². The summed E-state index contributed by atoms with van der Waals surface area (Å²) in [6.07, 6.45) is 0.263. The van der Waals surface area contributed by atoms with Crippen LogP contribution in [-0.4, -0.2) is 52.9 Å². The smallest absolute Gasteiger partial charge is 0.250 e. The minimum atomic E-state index is -1.07. The second-order valence-corrected chi connectivity index (χ2v) is 10.4. The molecule has 3 amide bonds. The number of hydrogen-bond acceptors (Lipinski definition) is 5. The van der Waals surface area contributed by atoms with E-state index in [2.05, 4.69) is 0 Å². The van der Waals surface area contributed by atoms with Crippen LogP contribution in [0, 0.1) is 18.7 Å². The van der Waals surface area contributed by atoms with Crippen LogP contribution >= 0.6 is 0 Å². The van der Waals surface area contributed by atoms with Gasteiger partial charge in [-0.25, -0.2) is 4.39 Å². The fourth-order valence-electron chi connectivity index (χ4n) is 4.84. The highest BCUT2D eigenvalue weighted by atomic mass is 19.1. The first-order chi connectivity index (χ1) is 18.9. The minimum absolute atomic E-state index is 0.101. The Kier molecular flexibility index (Phi) is 10.0. The van der Waals surface area contributed by atoms with E-state index in [4.69, 9.17) is 11.5 Å². The number of carbonyl (C=O) groups is 3. The molecule has 0 saturated carbocycles. The number of halogens is 1. The molecule has 0 aliphatic rings. The Morgan fingerprint density at radius 2 is 1.50 bits per heavy atom. The zero-order valence-electron chi connectivity index (χ0n) is 23.3. The number of nitrogens with zero attached hydrogens (tertiary/aromatic N) is 2. The van der Waals surface area contributed by atoms with E-state index in [0.717, 1.165) is 0 Å². The molecule has 2 unspecified atom stereocenters. The fourth-order valence-corrected chi connectivity index (χ4v) is 4.84. The van der Waals surface area contributed by atoms with Gasteiger partial charge in [0.25, 0.3) is 5.91 Å². The van der Waals surface area contributed by atoms with E-state index in [1.165, 1.54) is 35.0 Å². The first kappa shape index (κ1) is 30.3. The molecule has 0 heterocycles. The first-order valence-electron chi connectivity index (χ1n) is 13.1. The van der Waals surface area contributed by atoms with Crippen molar-refractivity contribution >= 4 is 23.4 Å². The van der Waals surface area contributed by atoms with E-state index in [0.29, 0.717) is 22.4 Å². The highest BCUT2D eigenvalue weighted by Crippen LogP contribution is 2.26. The van der Waals surface area contributed by atoms with Crippen molar-refractivity contribution in [3.05, 3.63) is 95.3 Å². The van der Waals surface area contributed by atoms with Crippen LogP contribution in [0.2, 0.25) is 0 Å². The van der Waals surface area contributed by atoms with Gasteiger partial charge in [0.2, 0.25) is 11.8 Å². The number of anilines is 1. The largest absolute Gasteiger partial charge is 0.508 e. The molecule has 0 fully saturated rings. The van der Waals surface area contributed by atoms with Crippen molar-refractivity contribution in [2.45, 2.75) is 51.7 Å². The second kappa shape index (κ2) is 13.2. The van der Waals surface area contributed by atoms with E-state index in [9.17, 15) is 23.9 Å². The Hall–Kier alpha value is -4.24. The molecule has 8 nitrogen and oxygen atoms in total. The predicted molar refractivity (Wildman–Crippen MR) is 153 cm³/mol. The van der Waals surface area contributed by atoms with Crippen LogP contribution in [-0.2, 0) is 27.2 Å². The van der Waals surface area contributed by atoms with E-state index < -0.39 is 41.7 Å². The number of aryl methyl sites for hydroxylation is 1. The quantitative estimate of drug-likeness (QED) is 0.339. The number of carbonyl (C=O) groups excluding carboxylic acids is 3. The van der Waals surface area contributed by atoms with E-state index >= 15 is 0 Å². The molecule has 0 saturated heterocycles. The molecule has 5 N–H and O–H groups in total. The van der Waals surface area contributed by atoms with Crippen LogP contribution in [0.5, 0.6) is 5.75 Å². The van der Waals surface area contributed by atoms with Gasteiger partial charge in [0.15, 0.2) is 0 Å². The third kappa shape index (κ3) is 7.24. The van der Waals surface area contributed by atoms with E-state index in [-0.39, 0.29) is 24.5 Å². The van der Waals surface area contributed by atoms with Gasteiger partial charge in [-0.2, -0.15) is 0 Å². The number of benzene rings is 3. The monoisotopic (exact) mass is 548 g/mol. The van der Waals surface area contributed by atoms with Crippen molar-refractivity contribution in [2.24, 2.45) is 17.4 Å². The number of likely N-dealkylation sites (N-methyl/N-ethyl adjacent to an activating group) is 1. The summed E-state index contributed by atoms with van der Waals surface area (Å²) in [5.41, 5.74) is 14.6. The molecule has 9 heteroatoms. The second-order valence-electron chi connectivity index (χ2n) is 10.4. The van der Waals surface area contributed by atoms with Gasteiger partial charge in [-0.3, -0.25) is 19.3 Å². The molecule has 3 aromatic rings. The van der Waals surface area contributed by atoms with E-state index in [1.807, 2.05) is 13.8 Å². The summed E-state index contributed by atoms with van der Waals surface area (Å²) in [5, 5.41) is 9.94. The lowest BCUT2D eigenvalue weighted by Gasteiger charge is -2.38. The van der Waals surface area contributed by atoms with Crippen molar-refractivity contribution in [1.29, 1.82) is 0 Å². The van der Waals surface area contributed by atoms with E-state index in [1.54, 1.807) is 61.5 Å². The number of nitrogens with two attached hydrogens (primary N) is 2. The minimum Gasteiger partial charge on any atom is -0.508 e. The van der Waals surface area contributed by atoms with Crippen LogP contribution in [0.1, 0.15) is 30.5 Å². The number of amides is 3. The molecule has 3 atom stereocenters. The summed E-state index contributed by atoms with van der Waals surface area (Å²) in [4.78, 5) is 43.3. The summed E-state index contributed by atoms with van der Waals surface area (Å²) in [5.74, 6) is -2.27. The maximum Gasteiger partial charge on any atom is 0.250 e. The van der Waals surface area contributed by atoms with Crippen LogP contribution in [0.15, 0.2) is 72.8 Å². The molecule has 0 spiro atoms. The van der Waals surface area contributed by atoms with Gasteiger partial charge < -0.3 is 21.5 Å². The molecule has 0 aliphatic heterocycles. The number of para-hydroxylation sites is 1.